The minimum absolute atomic E-state index is 0.126. The van der Waals surface area contributed by atoms with Crippen LogP contribution in [-0.4, -0.2) is 33.6 Å². The maximum Gasteiger partial charge on any atom is 0.260 e. The largest absolute Gasteiger partial charge is 0.486 e. The summed E-state index contributed by atoms with van der Waals surface area (Å²) in [7, 11) is 0. The number of carbonyl (C=O) groups is 1. The molecule has 1 aliphatic rings. The van der Waals surface area contributed by atoms with E-state index in [4.69, 9.17) is 16.3 Å². The lowest BCUT2D eigenvalue weighted by atomic mass is 9.95. The molecule has 7 nitrogen and oxygen atoms in total. The molecule has 0 radical (unpaired) electrons. The number of hydrogen-bond acceptors (Lipinski definition) is 5. The number of aromatic amines is 1. The van der Waals surface area contributed by atoms with Gasteiger partial charge in [0.15, 0.2) is 0 Å². The first-order valence-corrected chi connectivity index (χ1v) is 13.5. The minimum atomic E-state index is -0.338. The van der Waals surface area contributed by atoms with Gasteiger partial charge in [0.1, 0.15) is 11.4 Å². The summed E-state index contributed by atoms with van der Waals surface area (Å²) in [4.78, 5) is 32.5. The van der Waals surface area contributed by atoms with Crippen molar-refractivity contribution in [3.8, 4) is 5.75 Å². The summed E-state index contributed by atoms with van der Waals surface area (Å²) in [5.41, 5.74) is 1.39. The van der Waals surface area contributed by atoms with Gasteiger partial charge < -0.3 is 15.4 Å². The summed E-state index contributed by atoms with van der Waals surface area (Å²) in [6, 6.07) is 10.9. The van der Waals surface area contributed by atoms with Gasteiger partial charge in [-0.25, -0.2) is 4.98 Å². The molecule has 0 bridgehead atoms. The van der Waals surface area contributed by atoms with E-state index in [1.54, 1.807) is 12.1 Å². The molecule has 8 heteroatoms. The van der Waals surface area contributed by atoms with Gasteiger partial charge in [-0.2, -0.15) is 0 Å². The minimum Gasteiger partial charge on any atom is -0.486 e. The first-order chi connectivity index (χ1) is 17.5. The SMILES string of the molecule is CC(C)(CCCCCCCNc1nc2ccccc2c(=O)[nH]1)NC(=O)c1cc(Cl)cc2c1OC(C)(C)C2. The van der Waals surface area contributed by atoms with Crippen LogP contribution < -0.4 is 20.9 Å². The average Bonchev–Trinajstić information content (AvgIpc) is 3.13. The Morgan fingerprint density at radius 1 is 1.14 bits per heavy atom. The normalized spacial score (nSPS) is 14.3. The monoisotopic (exact) mass is 524 g/mol. The third-order valence-corrected chi connectivity index (χ3v) is 6.92. The number of aromatic nitrogens is 2. The van der Waals surface area contributed by atoms with Crippen LogP contribution in [0.1, 0.15) is 82.1 Å². The highest BCUT2D eigenvalue weighted by molar-refractivity contribution is 6.31. The lowest BCUT2D eigenvalue weighted by molar-refractivity contribution is 0.0895. The number of benzene rings is 2. The zero-order valence-corrected chi connectivity index (χ0v) is 22.9. The molecule has 0 spiro atoms. The average molecular weight is 525 g/mol. The number of nitrogens with zero attached hydrogens (tertiary/aromatic N) is 1. The fourth-order valence-electron chi connectivity index (χ4n) is 4.88. The summed E-state index contributed by atoms with van der Waals surface area (Å²) in [5.74, 6) is 1.02. The molecule has 1 amide bonds. The van der Waals surface area contributed by atoms with Crippen LogP contribution in [0.4, 0.5) is 5.95 Å². The van der Waals surface area contributed by atoms with Gasteiger partial charge in [-0.1, -0.05) is 49.4 Å². The first kappa shape index (κ1) is 27.0. The number of unbranched alkanes of at least 4 members (excludes halogenated alkanes) is 4. The van der Waals surface area contributed by atoms with E-state index in [0.29, 0.717) is 33.2 Å². The van der Waals surface area contributed by atoms with Crippen LogP contribution in [0.15, 0.2) is 41.2 Å². The predicted octanol–water partition coefficient (Wildman–Crippen LogP) is 6.25. The number of nitrogens with one attached hydrogen (secondary N) is 3. The Morgan fingerprint density at radius 2 is 1.86 bits per heavy atom. The van der Waals surface area contributed by atoms with E-state index in [2.05, 4.69) is 34.4 Å². The van der Waals surface area contributed by atoms with Crippen molar-refractivity contribution in [2.45, 2.75) is 83.8 Å². The van der Waals surface area contributed by atoms with Gasteiger partial charge in [-0.05, 0) is 64.8 Å². The van der Waals surface area contributed by atoms with Gasteiger partial charge in [0, 0.05) is 29.1 Å². The molecular weight excluding hydrogens is 488 g/mol. The van der Waals surface area contributed by atoms with Crippen LogP contribution in [0.3, 0.4) is 0 Å². The Morgan fingerprint density at radius 3 is 2.68 bits per heavy atom. The van der Waals surface area contributed by atoms with E-state index >= 15 is 0 Å². The number of hydrogen-bond donors (Lipinski definition) is 3. The van der Waals surface area contributed by atoms with Crippen molar-refractivity contribution in [1.29, 1.82) is 0 Å². The molecule has 0 saturated carbocycles. The Hall–Kier alpha value is -3.06. The van der Waals surface area contributed by atoms with Gasteiger partial charge >= 0.3 is 0 Å². The van der Waals surface area contributed by atoms with Crippen LogP contribution in [0.2, 0.25) is 5.02 Å². The number of H-pyrrole nitrogens is 1. The Bertz CT molecular complexity index is 1330. The zero-order valence-electron chi connectivity index (χ0n) is 22.2. The van der Waals surface area contributed by atoms with Crippen molar-refractivity contribution in [3.63, 3.8) is 0 Å². The fraction of sp³-hybridized carbons (Fsp3) is 0.483. The molecule has 37 heavy (non-hydrogen) atoms. The van der Waals surface area contributed by atoms with Gasteiger partial charge in [-0.15, -0.1) is 0 Å². The second kappa shape index (κ2) is 11.1. The molecule has 3 aromatic rings. The molecule has 4 rings (SSSR count). The Balaban J connectivity index is 1.17. The lowest BCUT2D eigenvalue weighted by Crippen LogP contribution is -2.43. The summed E-state index contributed by atoms with van der Waals surface area (Å²) < 4.78 is 6.07. The molecular formula is C29H37ClN4O3. The van der Waals surface area contributed by atoms with Crippen LogP contribution in [0.5, 0.6) is 5.75 Å². The van der Waals surface area contributed by atoms with Crippen molar-refractivity contribution in [2.24, 2.45) is 0 Å². The highest BCUT2D eigenvalue weighted by atomic mass is 35.5. The van der Waals surface area contributed by atoms with Gasteiger partial charge in [0.2, 0.25) is 5.95 Å². The number of para-hydroxylation sites is 1. The number of halogens is 1. The smallest absolute Gasteiger partial charge is 0.260 e. The van der Waals surface area contributed by atoms with Crippen LogP contribution >= 0.6 is 11.6 Å². The molecule has 0 unspecified atom stereocenters. The first-order valence-electron chi connectivity index (χ1n) is 13.1. The van der Waals surface area contributed by atoms with E-state index < -0.39 is 0 Å². The van der Waals surface area contributed by atoms with E-state index in [0.717, 1.165) is 57.1 Å². The number of fused-ring (bicyclic) bond motifs is 2. The standard InChI is InChI=1S/C29H37ClN4O3/c1-28(2,34-26(36)22-17-20(30)16-19-18-29(3,4)37-24(19)22)14-10-6-5-7-11-15-31-27-32-23-13-9-8-12-21(23)25(35)33-27/h8-9,12-13,16-17H,5-7,10-11,14-15,18H2,1-4H3,(H,34,36)(H2,31,32,33,35). The third kappa shape index (κ3) is 7.04. The van der Waals surface area contributed by atoms with Crippen molar-refractivity contribution in [2.75, 3.05) is 11.9 Å². The maximum atomic E-state index is 13.1. The third-order valence-electron chi connectivity index (χ3n) is 6.71. The lowest BCUT2D eigenvalue weighted by Gasteiger charge is -2.27. The van der Waals surface area contributed by atoms with Gasteiger partial charge in [0.25, 0.3) is 11.5 Å². The number of anilines is 1. The quantitative estimate of drug-likeness (QED) is 0.257. The molecule has 0 atom stereocenters. The molecule has 0 fully saturated rings. The molecule has 1 aromatic heterocycles. The van der Waals surface area contributed by atoms with Gasteiger partial charge in [0.05, 0.1) is 16.5 Å². The van der Waals surface area contributed by atoms with E-state index in [1.165, 1.54) is 0 Å². The number of ether oxygens (including phenoxy) is 1. The molecule has 2 aromatic carbocycles. The fourth-order valence-corrected chi connectivity index (χ4v) is 5.12. The Labute approximate surface area is 223 Å². The molecule has 1 aliphatic heterocycles. The molecule has 0 aliphatic carbocycles. The second-order valence-electron chi connectivity index (χ2n) is 11.2. The molecule has 0 saturated heterocycles. The predicted molar refractivity (Wildman–Crippen MR) is 150 cm³/mol. The second-order valence-corrected chi connectivity index (χ2v) is 11.6. The summed E-state index contributed by atoms with van der Waals surface area (Å²) in [6.45, 7) is 8.91. The highest BCUT2D eigenvalue weighted by Crippen LogP contribution is 2.39. The van der Waals surface area contributed by atoms with Gasteiger partial charge in [-0.3, -0.25) is 14.6 Å². The van der Waals surface area contributed by atoms with Crippen LogP contribution in [0.25, 0.3) is 10.9 Å². The summed E-state index contributed by atoms with van der Waals surface area (Å²) in [6.07, 6.45) is 6.92. The van der Waals surface area contributed by atoms with Crippen LogP contribution in [0, 0.1) is 0 Å². The van der Waals surface area contributed by atoms with Crippen LogP contribution in [-0.2, 0) is 6.42 Å². The van der Waals surface area contributed by atoms with E-state index in [1.807, 2.05) is 38.1 Å². The topological polar surface area (TPSA) is 96.1 Å². The van der Waals surface area contributed by atoms with Crippen molar-refractivity contribution < 1.29 is 9.53 Å². The van der Waals surface area contributed by atoms with Crippen molar-refractivity contribution in [3.05, 3.63) is 62.9 Å². The number of amides is 1. The maximum absolute atomic E-state index is 13.1. The number of rotatable bonds is 11. The van der Waals surface area contributed by atoms with Crippen molar-refractivity contribution >= 4 is 34.4 Å². The van der Waals surface area contributed by atoms with E-state index in [-0.39, 0.29) is 22.6 Å². The summed E-state index contributed by atoms with van der Waals surface area (Å²) >= 11 is 6.30. The molecule has 3 N–H and O–H groups in total. The molecule has 198 valence electrons. The molecule has 2 heterocycles. The summed E-state index contributed by atoms with van der Waals surface area (Å²) in [5, 5.41) is 7.56. The van der Waals surface area contributed by atoms with Crippen molar-refractivity contribution in [1.82, 2.24) is 15.3 Å². The number of carbonyl (C=O) groups excluding carboxylic acids is 1. The zero-order chi connectivity index (χ0) is 26.6. The Kier molecular flexibility index (Phi) is 8.12. The van der Waals surface area contributed by atoms with E-state index in [9.17, 15) is 9.59 Å². The highest BCUT2D eigenvalue weighted by Gasteiger charge is 2.34.